The van der Waals surface area contributed by atoms with E-state index >= 15 is 0 Å². The van der Waals surface area contributed by atoms with E-state index in [9.17, 15) is 5.26 Å². The fraction of sp³-hybridized carbons (Fsp3) is 0.130. The molecule has 0 radical (unpaired) electrons. The van der Waals surface area contributed by atoms with Crippen LogP contribution in [0.2, 0.25) is 10.0 Å². The van der Waals surface area contributed by atoms with E-state index in [1.807, 2.05) is 56.3 Å². The molecule has 4 aromatic rings. The van der Waals surface area contributed by atoms with Crippen molar-refractivity contribution in [2.75, 3.05) is 7.11 Å². The lowest BCUT2D eigenvalue weighted by molar-refractivity contribution is 0.415. The maximum Gasteiger partial charge on any atom is 0.149 e. The molecule has 0 saturated carbocycles. The lowest BCUT2D eigenvalue weighted by atomic mass is 10.1. The Labute approximate surface area is 184 Å². The van der Waals surface area contributed by atoms with Gasteiger partial charge in [-0.05, 0) is 61.9 Å². The maximum absolute atomic E-state index is 9.78. The molecule has 1 N–H and O–H groups in total. The number of nitrogens with one attached hydrogen (secondary N) is 1. The highest BCUT2D eigenvalue weighted by atomic mass is 35.5. The Bertz CT molecular complexity index is 1340. The molecule has 0 spiro atoms. The molecule has 150 valence electrons. The molecule has 0 saturated heterocycles. The van der Waals surface area contributed by atoms with Gasteiger partial charge in [-0.3, -0.25) is 0 Å². The molecule has 0 bridgehead atoms. The molecule has 30 heavy (non-hydrogen) atoms. The Morgan fingerprint density at radius 1 is 1.13 bits per heavy atom. The summed E-state index contributed by atoms with van der Waals surface area (Å²) in [4.78, 5) is 7.76. The van der Waals surface area contributed by atoms with Crippen molar-refractivity contribution in [3.05, 3.63) is 75.3 Å². The number of benzene rings is 2. The molecule has 2 aromatic carbocycles. The van der Waals surface area contributed by atoms with Crippen LogP contribution in [0, 0.1) is 25.2 Å². The molecule has 0 amide bonds. The Morgan fingerprint density at radius 2 is 1.93 bits per heavy atom. The van der Waals surface area contributed by atoms with Gasteiger partial charge < -0.3 is 14.3 Å². The van der Waals surface area contributed by atoms with E-state index in [1.165, 1.54) is 0 Å². The predicted molar refractivity (Wildman–Crippen MR) is 121 cm³/mol. The molecule has 0 fully saturated rings. The van der Waals surface area contributed by atoms with Crippen molar-refractivity contribution >= 4 is 45.9 Å². The van der Waals surface area contributed by atoms with Gasteiger partial charge in [0, 0.05) is 23.1 Å². The number of methoxy groups -OCH3 is 1. The van der Waals surface area contributed by atoms with Gasteiger partial charge in [0.05, 0.1) is 33.8 Å². The third-order valence-corrected chi connectivity index (χ3v) is 5.74. The van der Waals surface area contributed by atoms with Gasteiger partial charge in [0.1, 0.15) is 17.6 Å². The number of hydrogen-bond donors (Lipinski definition) is 1. The highest BCUT2D eigenvalue weighted by molar-refractivity contribution is 6.42. The largest absolute Gasteiger partial charge is 0.497 e. The average molecular weight is 437 g/mol. The van der Waals surface area contributed by atoms with E-state index in [4.69, 9.17) is 27.9 Å². The molecule has 0 aliphatic heterocycles. The first kappa shape index (κ1) is 20.1. The van der Waals surface area contributed by atoms with Gasteiger partial charge in [0.15, 0.2) is 0 Å². The first-order chi connectivity index (χ1) is 14.4. The summed E-state index contributed by atoms with van der Waals surface area (Å²) in [5, 5.41) is 10.8. The average Bonchev–Trinajstić information content (AvgIpc) is 3.27. The predicted octanol–water partition coefficient (Wildman–Crippen LogP) is 6.35. The second kappa shape index (κ2) is 7.91. The zero-order valence-corrected chi connectivity index (χ0v) is 18.1. The number of ether oxygens (including phenoxy) is 1. The van der Waals surface area contributed by atoms with Crippen LogP contribution < -0.4 is 4.74 Å². The lowest BCUT2D eigenvalue weighted by Crippen LogP contribution is -1.99. The number of imidazole rings is 1. The standard InChI is InChI=1S/C23H18Cl2N4O/c1-13-8-15(14(2)29(13)17-4-6-19(24)20(25)10-17)9-16(12-26)23-27-21-7-5-18(30-3)11-22(21)28-23/h4-11H,1-3H3,(H,27,28)/b16-9+. The highest BCUT2D eigenvalue weighted by Gasteiger charge is 2.14. The molecule has 7 heteroatoms. The van der Waals surface area contributed by atoms with Crippen molar-refractivity contribution < 1.29 is 4.74 Å². The second-order valence-electron chi connectivity index (χ2n) is 6.90. The van der Waals surface area contributed by atoms with Crippen LogP contribution in [-0.2, 0) is 0 Å². The van der Waals surface area contributed by atoms with Crippen LogP contribution in [0.1, 0.15) is 22.8 Å². The summed E-state index contributed by atoms with van der Waals surface area (Å²) in [5.74, 6) is 1.24. The van der Waals surface area contributed by atoms with Crippen molar-refractivity contribution in [3.63, 3.8) is 0 Å². The molecule has 5 nitrogen and oxygen atoms in total. The summed E-state index contributed by atoms with van der Waals surface area (Å²) < 4.78 is 7.33. The van der Waals surface area contributed by atoms with E-state index in [2.05, 4.69) is 20.6 Å². The molecule has 2 heterocycles. The third-order valence-electron chi connectivity index (χ3n) is 5.00. The summed E-state index contributed by atoms with van der Waals surface area (Å²) in [6.45, 7) is 4.01. The highest BCUT2D eigenvalue weighted by Crippen LogP contribution is 2.29. The molecule has 0 aliphatic carbocycles. The van der Waals surface area contributed by atoms with E-state index in [0.29, 0.717) is 21.4 Å². The van der Waals surface area contributed by atoms with Crippen LogP contribution in [0.15, 0.2) is 42.5 Å². The number of nitrogens with zero attached hydrogens (tertiary/aromatic N) is 3. The zero-order chi connectivity index (χ0) is 21.4. The Kier molecular flexibility index (Phi) is 5.29. The fourth-order valence-electron chi connectivity index (χ4n) is 3.51. The fourth-order valence-corrected chi connectivity index (χ4v) is 3.80. The Morgan fingerprint density at radius 3 is 2.63 bits per heavy atom. The van der Waals surface area contributed by atoms with Gasteiger partial charge in [0.25, 0.3) is 0 Å². The van der Waals surface area contributed by atoms with E-state index in [1.54, 1.807) is 13.2 Å². The monoisotopic (exact) mass is 436 g/mol. The number of aromatic nitrogens is 3. The number of rotatable bonds is 4. The summed E-state index contributed by atoms with van der Waals surface area (Å²) in [7, 11) is 1.61. The summed E-state index contributed by atoms with van der Waals surface area (Å²) in [6.07, 6.45) is 1.84. The molecule has 0 atom stereocenters. The van der Waals surface area contributed by atoms with E-state index in [-0.39, 0.29) is 0 Å². The SMILES string of the molecule is COc1ccc2nc(/C(C#N)=C/c3cc(C)n(-c4ccc(Cl)c(Cl)c4)c3C)[nH]c2c1. The van der Waals surface area contributed by atoms with Crippen LogP contribution in [0.25, 0.3) is 28.4 Å². The minimum atomic E-state index is 0.444. The minimum absolute atomic E-state index is 0.444. The van der Waals surface area contributed by atoms with Crippen molar-refractivity contribution in [1.29, 1.82) is 5.26 Å². The Balaban J connectivity index is 1.78. The summed E-state index contributed by atoms with van der Waals surface area (Å²) >= 11 is 12.3. The van der Waals surface area contributed by atoms with E-state index < -0.39 is 0 Å². The van der Waals surface area contributed by atoms with E-state index in [0.717, 1.165) is 39.4 Å². The van der Waals surface area contributed by atoms with Gasteiger partial charge in [-0.1, -0.05) is 23.2 Å². The topological polar surface area (TPSA) is 66.6 Å². The van der Waals surface area contributed by atoms with Crippen molar-refractivity contribution in [1.82, 2.24) is 14.5 Å². The van der Waals surface area contributed by atoms with Crippen molar-refractivity contribution in [2.24, 2.45) is 0 Å². The van der Waals surface area contributed by atoms with Gasteiger partial charge >= 0.3 is 0 Å². The van der Waals surface area contributed by atoms with Crippen LogP contribution in [0.4, 0.5) is 0 Å². The molecule has 4 rings (SSSR count). The number of H-pyrrole nitrogens is 1. The molecule has 2 aromatic heterocycles. The quantitative estimate of drug-likeness (QED) is 0.379. The first-order valence-electron chi connectivity index (χ1n) is 9.21. The number of hydrogen-bond acceptors (Lipinski definition) is 3. The number of aryl methyl sites for hydroxylation is 1. The molecular weight excluding hydrogens is 419 g/mol. The molecule has 0 unspecified atom stereocenters. The number of allylic oxidation sites excluding steroid dienone is 1. The lowest BCUT2D eigenvalue weighted by Gasteiger charge is -2.10. The molecule has 0 aliphatic rings. The third kappa shape index (κ3) is 3.56. The van der Waals surface area contributed by atoms with Gasteiger partial charge in [0.2, 0.25) is 0 Å². The van der Waals surface area contributed by atoms with Gasteiger partial charge in [-0.15, -0.1) is 0 Å². The van der Waals surface area contributed by atoms with Gasteiger partial charge in [-0.25, -0.2) is 4.98 Å². The number of halogens is 2. The van der Waals surface area contributed by atoms with Crippen molar-refractivity contribution in [3.8, 4) is 17.5 Å². The van der Waals surface area contributed by atoms with Crippen LogP contribution in [-0.4, -0.2) is 21.6 Å². The summed E-state index contributed by atoms with van der Waals surface area (Å²) in [6, 6.07) is 15.4. The number of fused-ring (bicyclic) bond motifs is 1. The first-order valence-corrected chi connectivity index (χ1v) is 9.97. The Hall–Kier alpha value is -3.20. The minimum Gasteiger partial charge on any atom is -0.497 e. The number of nitriles is 1. The van der Waals surface area contributed by atoms with Crippen molar-refractivity contribution in [2.45, 2.75) is 13.8 Å². The summed E-state index contributed by atoms with van der Waals surface area (Å²) in [5.41, 5.74) is 5.86. The molecular formula is C23H18Cl2N4O. The van der Waals surface area contributed by atoms with Crippen LogP contribution in [0.5, 0.6) is 5.75 Å². The number of aromatic amines is 1. The maximum atomic E-state index is 9.78. The smallest absolute Gasteiger partial charge is 0.149 e. The normalized spacial score (nSPS) is 11.7. The van der Waals surface area contributed by atoms with Crippen LogP contribution >= 0.6 is 23.2 Å². The van der Waals surface area contributed by atoms with Gasteiger partial charge in [-0.2, -0.15) is 5.26 Å². The second-order valence-corrected chi connectivity index (χ2v) is 7.71. The van der Waals surface area contributed by atoms with Crippen LogP contribution in [0.3, 0.4) is 0 Å². The zero-order valence-electron chi connectivity index (χ0n) is 16.6.